The first kappa shape index (κ1) is 22.5. The normalized spacial score (nSPS) is 15.3. The lowest BCUT2D eigenvalue weighted by atomic mass is 9.93. The van der Waals surface area contributed by atoms with E-state index in [0.717, 1.165) is 37.4 Å². The van der Waals surface area contributed by atoms with Crippen LogP contribution < -0.4 is 32.3 Å². The van der Waals surface area contributed by atoms with Gasteiger partial charge in [0, 0.05) is 18.4 Å². The molecule has 0 saturated carbocycles. The van der Waals surface area contributed by atoms with Crippen LogP contribution in [0.2, 0.25) is 0 Å². The number of carbonyl (C=O) groups is 1. The summed E-state index contributed by atoms with van der Waals surface area (Å²) in [4.78, 5) is 33.1. The summed E-state index contributed by atoms with van der Waals surface area (Å²) >= 11 is 0. The highest BCUT2D eigenvalue weighted by atomic mass is 16.5. The van der Waals surface area contributed by atoms with Gasteiger partial charge in [0.1, 0.15) is 17.1 Å². The molecule has 1 aliphatic rings. The van der Waals surface area contributed by atoms with Crippen molar-refractivity contribution in [2.45, 2.75) is 39.3 Å². The molecule has 1 fully saturated rings. The number of amides is 1. The number of rotatable bonds is 7. The van der Waals surface area contributed by atoms with Crippen LogP contribution in [0.5, 0.6) is 5.75 Å². The number of nitrogens with zero attached hydrogens (tertiary/aromatic N) is 3. The van der Waals surface area contributed by atoms with Crippen LogP contribution in [0.15, 0.2) is 35.3 Å². The second-order valence-electron chi connectivity index (χ2n) is 8.19. The molecule has 174 valence electrons. The number of pyridine rings is 1. The summed E-state index contributed by atoms with van der Waals surface area (Å²) < 4.78 is 7.70. The molecule has 1 atom stereocenters. The zero-order valence-corrected chi connectivity index (χ0v) is 18.8. The van der Waals surface area contributed by atoms with Gasteiger partial charge in [0.25, 0.3) is 5.91 Å². The first-order valence-corrected chi connectivity index (χ1v) is 11.1. The van der Waals surface area contributed by atoms with E-state index in [1.165, 1.54) is 6.20 Å². The van der Waals surface area contributed by atoms with Gasteiger partial charge in [0.15, 0.2) is 5.65 Å². The summed E-state index contributed by atoms with van der Waals surface area (Å²) in [5.74, 6) is 0.774. The largest absolute Gasteiger partial charge is 0.490 e. The van der Waals surface area contributed by atoms with E-state index in [1.54, 1.807) is 4.57 Å². The molecule has 33 heavy (non-hydrogen) atoms. The lowest BCUT2D eigenvalue weighted by Crippen LogP contribution is -2.35. The third-order valence-corrected chi connectivity index (χ3v) is 6.09. The van der Waals surface area contributed by atoms with Crippen molar-refractivity contribution in [2.24, 2.45) is 11.7 Å². The number of fused-ring (bicyclic) bond motifs is 1. The molecule has 1 saturated heterocycles. The standard InChI is InChI=1S/C23H29N7O3/c1-3-30-20(24)18(21(25)32)19(31)17-12-27-23(29-22(17)30)28-15-4-6-16(7-5-15)33-13(2)14-8-10-26-11-9-14/h4-7,12-14,26H,3,8-11,24H2,1-2H3,(H2,25,32)(H,27,28,29). The first-order valence-electron chi connectivity index (χ1n) is 11.1. The Labute approximate surface area is 191 Å². The van der Waals surface area contributed by atoms with E-state index in [2.05, 4.69) is 27.5 Å². The SMILES string of the molecule is CCn1c(N)c(C(N)=O)c(=O)c2cnc(Nc3ccc(OC(C)C4CCNCC4)cc3)nc21. The lowest BCUT2D eigenvalue weighted by Gasteiger charge is -2.28. The molecule has 3 aromatic rings. The lowest BCUT2D eigenvalue weighted by molar-refractivity contribution is 0.0999. The van der Waals surface area contributed by atoms with Gasteiger partial charge in [0.05, 0.1) is 11.5 Å². The number of aromatic nitrogens is 3. The van der Waals surface area contributed by atoms with E-state index in [-0.39, 0.29) is 22.9 Å². The molecule has 4 rings (SSSR count). The van der Waals surface area contributed by atoms with Crippen LogP contribution in [-0.4, -0.2) is 39.6 Å². The molecule has 0 aliphatic carbocycles. The van der Waals surface area contributed by atoms with Crippen molar-refractivity contribution in [3.05, 3.63) is 46.2 Å². The van der Waals surface area contributed by atoms with Gasteiger partial charge in [-0.05, 0) is 70.0 Å². The smallest absolute Gasteiger partial charge is 0.256 e. The average molecular weight is 452 g/mol. The molecule has 3 heterocycles. The maximum atomic E-state index is 12.7. The maximum absolute atomic E-state index is 12.7. The Morgan fingerprint density at radius 2 is 2.00 bits per heavy atom. The molecule has 1 aromatic carbocycles. The number of ether oxygens (including phenoxy) is 1. The molecule has 1 amide bonds. The molecule has 1 unspecified atom stereocenters. The number of hydrogen-bond acceptors (Lipinski definition) is 8. The number of benzene rings is 1. The molecular weight excluding hydrogens is 422 g/mol. The van der Waals surface area contributed by atoms with Crippen molar-refractivity contribution in [1.82, 2.24) is 19.9 Å². The predicted molar refractivity (Wildman–Crippen MR) is 128 cm³/mol. The van der Waals surface area contributed by atoms with Crippen molar-refractivity contribution in [3.8, 4) is 5.75 Å². The van der Waals surface area contributed by atoms with E-state index in [4.69, 9.17) is 16.2 Å². The molecule has 6 N–H and O–H groups in total. The van der Waals surface area contributed by atoms with Crippen LogP contribution in [-0.2, 0) is 6.54 Å². The van der Waals surface area contributed by atoms with Gasteiger partial charge in [0.2, 0.25) is 11.4 Å². The summed E-state index contributed by atoms with van der Waals surface area (Å²) in [5.41, 5.74) is 11.7. The summed E-state index contributed by atoms with van der Waals surface area (Å²) in [6, 6.07) is 7.57. The monoisotopic (exact) mass is 451 g/mol. The fourth-order valence-electron chi connectivity index (χ4n) is 4.23. The molecule has 0 spiro atoms. The van der Waals surface area contributed by atoms with Crippen molar-refractivity contribution >= 4 is 34.4 Å². The Balaban J connectivity index is 1.54. The molecular formula is C23H29N7O3. The Hall–Kier alpha value is -3.66. The Kier molecular flexibility index (Phi) is 6.45. The average Bonchev–Trinajstić information content (AvgIpc) is 2.81. The summed E-state index contributed by atoms with van der Waals surface area (Å²) in [5, 5.41) is 6.69. The molecule has 10 nitrogen and oxygen atoms in total. The van der Waals surface area contributed by atoms with Crippen molar-refractivity contribution in [2.75, 3.05) is 24.1 Å². The molecule has 10 heteroatoms. The van der Waals surface area contributed by atoms with Gasteiger partial charge < -0.3 is 31.4 Å². The van der Waals surface area contributed by atoms with Gasteiger partial charge >= 0.3 is 0 Å². The number of piperidine rings is 1. The maximum Gasteiger partial charge on any atom is 0.256 e. The number of primary amides is 1. The van der Waals surface area contributed by atoms with Crippen LogP contribution in [0, 0.1) is 5.92 Å². The van der Waals surface area contributed by atoms with E-state index < -0.39 is 11.3 Å². The van der Waals surface area contributed by atoms with Gasteiger partial charge in [-0.2, -0.15) is 4.98 Å². The van der Waals surface area contributed by atoms with Crippen LogP contribution in [0.25, 0.3) is 11.0 Å². The van der Waals surface area contributed by atoms with Gasteiger partial charge in [-0.15, -0.1) is 0 Å². The summed E-state index contributed by atoms with van der Waals surface area (Å²) in [6.45, 7) is 6.43. The van der Waals surface area contributed by atoms with Crippen LogP contribution >= 0.6 is 0 Å². The highest BCUT2D eigenvalue weighted by molar-refractivity contribution is 6.00. The fourth-order valence-corrected chi connectivity index (χ4v) is 4.23. The fraction of sp³-hybridized carbons (Fsp3) is 0.391. The van der Waals surface area contributed by atoms with E-state index >= 15 is 0 Å². The van der Waals surface area contributed by atoms with E-state index in [0.29, 0.717) is 24.1 Å². The minimum atomic E-state index is -0.874. The molecule has 0 radical (unpaired) electrons. The Morgan fingerprint density at radius 3 is 2.64 bits per heavy atom. The number of hydrogen-bond donors (Lipinski definition) is 4. The first-order chi connectivity index (χ1) is 15.9. The zero-order valence-electron chi connectivity index (χ0n) is 18.8. The molecule has 0 bridgehead atoms. The predicted octanol–water partition coefficient (Wildman–Crippen LogP) is 2.00. The number of nitrogens with one attached hydrogen (secondary N) is 2. The highest BCUT2D eigenvalue weighted by Crippen LogP contribution is 2.24. The second kappa shape index (κ2) is 9.45. The quantitative estimate of drug-likeness (QED) is 0.426. The Morgan fingerprint density at radius 1 is 1.30 bits per heavy atom. The number of nitrogen functional groups attached to an aromatic ring is 1. The topological polar surface area (TPSA) is 150 Å². The van der Waals surface area contributed by atoms with Gasteiger partial charge in [-0.25, -0.2) is 4.98 Å². The number of anilines is 3. The number of nitrogens with two attached hydrogens (primary N) is 2. The van der Waals surface area contributed by atoms with Crippen LogP contribution in [0.4, 0.5) is 17.5 Å². The zero-order chi connectivity index (χ0) is 23.5. The van der Waals surface area contributed by atoms with Crippen LogP contribution in [0.3, 0.4) is 0 Å². The minimum Gasteiger partial charge on any atom is -0.490 e. The van der Waals surface area contributed by atoms with Crippen molar-refractivity contribution in [3.63, 3.8) is 0 Å². The number of carbonyl (C=O) groups excluding carboxylic acids is 1. The van der Waals surface area contributed by atoms with Crippen molar-refractivity contribution < 1.29 is 9.53 Å². The Bertz CT molecular complexity index is 1220. The van der Waals surface area contributed by atoms with Crippen LogP contribution in [0.1, 0.15) is 37.0 Å². The third kappa shape index (κ3) is 4.61. The minimum absolute atomic E-state index is 0.00322. The second-order valence-corrected chi connectivity index (χ2v) is 8.19. The number of aryl methyl sites for hydroxylation is 1. The highest BCUT2D eigenvalue weighted by Gasteiger charge is 2.22. The summed E-state index contributed by atoms with van der Waals surface area (Å²) in [6.07, 6.45) is 3.77. The molecule has 2 aromatic heterocycles. The third-order valence-electron chi connectivity index (χ3n) is 6.09. The van der Waals surface area contributed by atoms with E-state index in [1.807, 2.05) is 31.2 Å². The van der Waals surface area contributed by atoms with Gasteiger partial charge in [-0.1, -0.05) is 0 Å². The summed E-state index contributed by atoms with van der Waals surface area (Å²) in [7, 11) is 0. The van der Waals surface area contributed by atoms with E-state index in [9.17, 15) is 9.59 Å². The molecule has 1 aliphatic heterocycles. The van der Waals surface area contributed by atoms with Gasteiger partial charge in [-0.3, -0.25) is 9.59 Å². The van der Waals surface area contributed by atoms with Crippen molar-refractivity contribution in [1.29, 1.82) is 0 Å².